The van der Waals surface area contributed by atoms with Crippen LogP contribution in [0.4, 0.5) is 0 Å². The van der Waals surface area contributed by atoms with Gasteiger partial charge in [0.2, 0.25) is 5.91 Å². The van der Waals surface area contributed by atoms with Crippen molar-refractivity contribution in [1.29, 1.82) is 0 Å². The Hall–Kier alpha value is -1.86. The summed E-state index contributed by atoms with van der Waals surface area (Å²) in [4.78, 5) is 21.9. The Morgan fingerprint density at radius 2 is 2.14 bits per heavy atom. The summed E-state index contributed by atoms with van der Waals surface area (Å²) in [7, 11) is -0.365. The highest BCUT2D eigenvalue weighted by Crippen LogP contribution is 2.33. The molecule has 0 saturated carbocycles. The minimum Gasteiger partial charge on any atom is -0.478 e. The van der Waals surface area contributed by atoms with Gasteiger partial charge in [-0.3, -0.25) is 9.36 Å². The number of carboxylic acids is 1. The van der Waals surface area contributed by atoms with Gasteiger partial charge in [-0.15, -0.1) is 0 Å². The van der Waals surface area contributed by atoms with E-state index in [1.165, 1.54) is 6.92 Å². The van der Waals surface area contributed by atoms with Gasteiger partial charge >= 0.3 is 5.97 Å². The predicted molar refractivity (Wildman–Crippen MR) is 108 cm³/mol. The van der Waals surface area contributed by atoms with Crippen LogP contribution >= 0.6 is 8.46 Å². The summed E-state index contributed by atoms with van der Waals surface area (Å²) in [5, 5.41) is 24.4. The van der Waals surface area contributed by atoms with E-state index in [0.717, 1.165) is 18.4 Å². The van der Waals surface area contributed by atoms with Crippen LogP contribution in [0.5, 0.6) is 0 Å². The lowest BCUT2D eigenvalue weighted by Gasteiger charge is -2.37. The smallest absolute Gasteiger partial charge is 0.335 e. The maximum absolute atomic E-state index is 11.6. The van der Waals surface area contributed by atoms with E-state index in [0.29, 0.717) is 39.0 Å². The fraction of sp³-hybridized carbons (Fsp3) is 0.600. The van der Waals surface area contributed by atoms with Crippen molar-refractivity contribution in [2.24, 2.45) is 0 Å². The Bertz CT molecular complexity index is 708. The molecule has 0 aliphatic carbocycles. The molecule has 29 heavy (non-hydrogen) atoms. The number of nitrogens with one attached hydrogen (secondary N) is 2. The molecule has 0 radical (unpaired) electrons. The average Bonchev–Trinajstić information content (AvgIpc) is 2.71. The quantitative estimate of drug-likeness (QED) is 0.316. The maximum atomic E-state index is 11.6. The zero-order valence-corrected chi connectivity index (χ0v) is 17.5. The standard InChI is InChI=1S/C20H29N2O6P/c1-14(23)21-9-4-2-3-8-20(26,29-27)18-12-22-17(13-28-18)11-15-6-5-7-16(10-15)19(24)25/h5-7,10,17-18,22,26H,2-4,8-9,11-13H2,1H3,(H,21,23)(H,24,25)/t17-,18+,20?/m1/s1. The molecule has 8 nitrogen and oxygen atoms in total. The van der Waals surface area contributed by atoms with Crippen molar-refractivity contribution in [2.75, 3.05) is 19.7 Å². The van der Waals surface area contributed by atoms with E-state index in [1.807, 2.05) is 6.07 Å². The molecule has 0 aromatic heterocycles. The molecule has 9 heteroatoms. The van der Waals surface area contributed by atoms with Crippen LogP contribution < -0.4 is 10.6 Å². The van der Waals surface area contributed by atoms with Gasteiger partial charge in [-0.1, -0.05) is 18.6 Å². The Labute approximate surface area is 172 Å². The number of unbranched alkanes of at least 4 members (excludes halogenated alkanes) is 2. The van der Waals surface area contributed by atoms with Crippen LogP contribution in [0, 0.1) is 0 Å². The molecular formula is C20H29N2O6P. The molecule has 4 N–H and O–H groups in total. The molecule has 1 fully saturated rings. The first-order valence-corrected chi connectivity index (χ1v) is 10.6. The number of amides is 1. The van der Waals surface area contributed by atoms with E-state index in [9.17, 15) is 19.3 Å². The Kier molecular flexibility index (Phi) is 9.17. The predicted octanol–water partition coefficient (Wildman–Crippen LogP) is 1.96. The van der Waals surface area contributed by atoms with Gasteiger partial charge in [0, 0.05) is 26.1 Å². The van der Waals surface area contributed by atoms with Crippen molar-refractivity contribution < 1.29 is 29.1 Å². The number of carbonyl (C=O) groups is 2. The number of carbonyl (C=O) groups excluding carboxylic acids is 1. The van der Waals surface area contributed by atoms with Gasteiger partial charge in [-0.05, 0) is 43.4 Å². The molecule has 0 bridgehead atoms. The largest absolute Gasteiger partial charge is 0.478 e. The first kappa shape index (κ1) is 23.4. The zero-order valence-electron chi connectivity index (χ0n) is 16.6. The highest BCUT2D eigenvalue weighted by atomic mass is 31.1. The van der Waals surface area contributed by atoms with Gasteiger partial charge in [0.25, 0.3) is 0 Å². The molecule has 1 aliphatic heterocycles. The fourth-order valence-corrected chi connectivity index (χ4v) is 3.92. The molecule has 0 spiro atoms. The average molecular weight is 424 g/mol. The summed E-state index contributed by atoms with van der Waals surface area (Å²) in [6.07, 6.45) is 2.64. The summed E-state index contributed by atoms with van der Waals surface area (Å²) in [5.41, 5.74) is 1.14. The van der Waals surface area contributed by atoms with E-state index < -0.39 is 17.4 Å². The third-order valence-corrected chi connectivity index (χ3v) is 5.84. The van der Waals surface area contributed by atoms with Crippen molar-refractivity contribution >= 4 is 20.3 Å². The topological polar surface area (TPSA) is 125 Å². The lowest BCUT2D eigenvalue weighted by Crippen LogP contribution is -2.54. The van der Waals surface area contributed by atoms with Crippen LogP contribution in [-0.2, 0) is 20.5 Å². The minimum atomic E-state index is -1.45. The summed E-state index contributed by atoms with van der Waals surface area (Å²) >= 11 is 0. The second-order valence-electron chi connectivity index (χ2n) is 7.40. The van der Waals surface area contributed by atoms with E-state index in [4.69, 9.17) is 9.84 Å². The molecule has 1 saturated heterocycles. The van der Waals surface area contributed by atoms with Crippen molar-refractivity contribution in [1.82, 2.24) is 10.6 Å². The van der Waals surface area contributed by atoms with E-state index in [1.54, 1.807) is 18.2 Å². The lowest BCUT2D eigenvalue weighted by molar-refractivity contribution is -0.118. The van der Waals surface area contributed by atoms with Gasteiger partial charge in [-0.2, -0.15) is 0 Å². The van der Waals surface area contributed by atoms with Gasteiger partial charge in [0.15, 0.2) is 13.8 Å². The number of hydrogen-bond acceptors (Lipinski definition) is 6. The first-order chi connectivity index (χ1) is 13.8. The normalized spacial score (nSPS) is 21.4. The van der Waals surface area contributed by atoms with Crippen molar-refractivity contribution in [3.63, 3.8) is 0 Å². The number of carboxylic acid groups (broad SMARTS) is 1. The fourth-order valence-electron chi connectivity index (χ4n) is 3.38. The molecule has 1 aromatic carbocycles. The molecule has 1 amide bonds. The Balaban J connectivity index is 1.78. The van der Waals surface area contributed by atoms with E-state index >= 15 is 0 Å². The number of benzene rings is 1. The third kappa shape index (κ3) is 7.48. The van der Waals surface area contributed by atoms with E-state index in [-0.39, 0.29) is 26.0 Å². The SMILES string of the molecule is CC(=O)NCCCCCC(O)(P=O)[C@@H]1CN[C@H](Cc2cccc(C(=O)O)c2)CO1. The number of hydrogen-bond donors (Lipinski definition) is 4. The summed E-state index contributed by atoms with van der Waals surface area (Å²) in [6, 6.07) is 6.76. The van der Waals surface area contributed by atoms with Crippen LogP contribution in [0.3, 0.4) is 0 Å². The molecule has 1 heterocycles. The molecule has 1 unspecified atom stereocenters. The number of rotatable bonds is 11. The zero-order chi connectivity index (χ0) is 21.3. The number of ether oxygens (including phenoxy) is 1. The first-order valence-electron chi connectivity index (χ1n) is 9.82. The summed E-state index contributed by atoms with van der Waals surface area (Å²) in [5.74, 6) is -1.03. The maximum Gasteiger partial charge on any atom is 0.335 e. The molecule has 3 atom stereocenters. The number of aromatic carboxylic acids is 1. The highest BCUT2D eigenvalue weighted by Gasteiger charge is 2.40. The van der Waals surface area contributed by atoms with Crippen molar-refractivity contribution in [3.05, 3.63) is 35.4 Å². The molecule has 2 rings (SSSR count). The van der Waals surface area contributed by atoms with Crippen LogP contribution in [0.2, 0.25) is 0 Å². The summed E-state index contributed by atoms with van der Waals surface area (Å²) < 4.78 is 17.4. The van der Waals surface area contributed by atoms with Crippen LogP contribution in [0.15, 0.2) is 24.3 Å². The lowest BCUT2D eigenvalue weighted by atomic mass is 10.00. The van der Waals surface area contributed by atoms with Gasteiger partial charge in [0.05, 0.1) is 12.2 Å². The monoisotopic (exact) mass is 424 g/mol. The Morgan fingerprint density at radius 1 is 1.34 bits per heavy atom. The van der Waals surface area contributed by atoms with Crippen molar-refractivity contribution in [2.45, 2.75) is 56.5 Å². The highest BCUT2D eigenvalue weighted by molar-refractivity contribution is 7.25. The van der Waals surface area contributed by atoms with Gasteiger partial charge in [-0.25, -0.2) is 4.79 Å². The minimum absolute atomic E-state index is 0.0134. The second-order valence-corrected chi connectivity index (χ2v) is 8.36. The van der Waals surface area contributed by atoms with Crippen LogP contribution in [0.25, 0.3) is 0 Å². The Morgan fingerprint density at radius 3 is 2.76 bits per heavy atom. The van der Waals surface area contributed by atoms with Gasteiger partial charge < -0.3 is 25.6 Å². The van der Waals surface area contributed by atoms with Crippen molar-refractivity contribution in [3.8, 4) is 0 Å². The number of morpholine rings is 1. The van der Waals surface area contributed by atoms with Crippen LogP contribution in [-0.4, -0.2) is 59.3 Å². The second kappa shape index (κ2) is 11.4. The summed E-state index contributed by atoms with van der Waals surface area (Å²) in [6.45, 7) is 2.76. The molecule has 160 valence electrons. The molecule has 1 aliphatic rings. The third-order valence-electron chi connectivity index (χ3n) is 5.02. The van der Waals surface area contributed by atoms with Crippen LogP contribution in [0.1, 0.15) is 48.5 Å². The van der Waals surface area contributed by atoms with Gasteiger partial charge in [0.1, 0.15) is 6.10 Å². The number of aliphatic hydroxyl groups is 1. The molecular weight excluding hydrogens is 395 g/mol. The van der Waals surface area contributed by atoms with E-state index in [2.05, 4.69) is 10.6 Å². The molecule has 1 aromatic rings.